The third kappa shape index (κ3) is 5.05. The van der Waals surface area contributed by atoms with Crippen LogP contribution in [-0.2, 0) is 28.0 Å². The van der Waals surface area contributed by atoms with Crippen molar-refractivity contribution in [3.8, 4) is 5.75 Å². The molecule has 0 saturated carbocycles. The number of aliphatic carboxylic acids is 1. The normalized spacial score (nSPS) is 13.2. The molecular formula is C21H27NO4. The first-order chi connectivity index (χ1) is 12.5. The first-order valence-corrected chi connectivity index (χ1v) is 9.04. The maximum atomic E-state index is 11.6. The number of hydrogen-bond donors (Lipinski definition) is 1. The molecule has 5 nitrogen and oxygen atoms in total. The van der Waals surface area contributed by atoms with Gasteiger partial charge in [0.05, 0.1) is 6.61 Å². The van der Waals surface area contributed by atoms with Crippen LogP contribution < -0.4 is 4.74 Å². The van der Waals surface area contributed by atoms with E-state index in [0.29, 0.717) is 24.5 Å². The number of hydrogen-bond acceptors (Lipinski definition) is 4. The van der Waals surface area contributed by atoms with E-state index in [1.54, 1.807) is 32.0 Å². The molecule has 0 bridgehead atoms. The van der Waals surface area contributed by atoms with Crippen LogP contribution in [-0.4, -0.2) is 29.3 Å². The minimum absolute atomic E-state index is 0.317. The van der Waals surface area contributed by atoms with Crippen molar-refractivity contribution in [2.45, 2.75) is 45.6 Å². The molecule has 5 heteroatoms. The summed E-state index contributed by atoms with van der Waals surface area (Å²) in [6, 6.07) is 11.3. The van der Waals surface area contributed by atoms with Crippen LogP contribution in [0.3, 0.4) is 0 Å². The van der Waals surface area contributed by atoms with Gasteiger partial charge in [-0.05, 0) is 62.4 Å². The number of rotatable bonds is 10. The second kappa shape index (κ2) is 9.34. The molecular weight excluding hydrogens is 330 g/mol. The molecule has 1 aromatic carbocycles. The van der Waals surface area contributed by atoms with Gasteiger partial charge in [-0.25, -0.2) is 4.79 Å². The molecule has 0 saturated heterocycles. The summed E-state index contributed by atoms with van der Waals surface area (Å²) < 4.78 is 11.3. The van der Waals surface area contributed by atoms with E-state index >= 15 is 0 Å². The molecule has 1 unspecified atom stereocenters. The number of pyridine rings is 1. The van der Waals surface area contributed by atoms with Gasteiger partial charge in [0, 0.05) is 18.5 Å². The van der Waals surface area contributed by atoms with E-state index in [2.05, 4.69) is 24.0 Å². The van der Waals surface area contributed by atoms with Crippen molar-refractivity contribution in [3.05, 3.63) is 59.4 Å². The first-order valence-electron chi connectivity index (χ1n) is 9.04. The fraction of sp³-hybridized carbons (Fsp3) is 0.429. The molecule has 2 aromatic rings. The predicted molar refractivity (Wildman–Crippen MR) is 100 cm³/mol. The van der Waals surface area contributed by atoms with Crippen LogP contribution in [0.4, 0.5) is 0 Å². The minimum atomic E-state index is -1.38. The zero-order valence-electron chi connectivity index (χ0n) is 15.7. The molecule has 1 N–H and O–H groups in total. The van der Waals surface area contributed by atoms with Crippen molar-refractivity contribution in [1.29, 1.82) is 0 Å². The standard InChI is InChI=1S/C21H27NO4/c1-4-16-11-12-18(22-15-16)9-7-13-25-19-10-6-8-17(14-19)21(3,20(23)24)26-5-2/h6,8,10-12,14-15H,4-5,7,9,13H2,1-3H3,(H,23,24). The Labute approximate surface area is 155 Å². The molecule has 0 spiro atoms. The van der Waals surface area contributed by atoms with Crippen LogP contribution in [0, 0.1) is 0 Å². The van der Waals surface area contributed by atoms with Gasteiger partial charge in [0.25, 0.3) is 0 Å². The summed E-state index contributed by atoms with van der Waals surface area (Å²) in [6.07, 6.45) is 4.59. The summed E-state index contributed by atoms with van der Waals surface area (Å²) in [5.41, 5.74) is 1.48. The first kappa shape index (κ1) is 19.9. The number of nitrogens with zero attached hydrogens (tertiary/aromatic N) is 1. The number of aryl methyl sites for hydroxylation is 2. The number of carbonyl (C=O) groups is 1. The van der Waals surface area contributed by atoms with Gasteiger partial charge >= 0.3 is 5.97 Å². The van der Waals surface area contributed by atoms with Crippen LogP contribution in [0.1, 0.15) is 44.0 Å². The van der Waals surface area contributed by atoms with Gasteiger partial charge in [-0.1, -0.05) is 25.1 Å². The van der Waals surface area contributed by atoms with E-state index in [4.69, 9.17) is 9.47 Å². The second-order valence-corrected chi connectivity index (χ2v) is 6.26. The average Bonchev–Trinajstić information content (AvgIpc) is 2.66. The average molecular weight is 357 g/mol. The fourth-order valence-electron chi connectivity index (χ4n) is 2.70. The van der Waals surface area contributed by atoms with Crippen molar-refractivity contribution in [3.63, 3.8) is 0 Å². The van der Waals surface area contributed by atoms with Crippen LogP contribution in [0.5, 0.6) is 5.75 Å². The van der Waals surface area contributed by atoms with Crippen molar-refractivity contribution in [1.82, 2.24) is 4.98 Å². The zero-order chi connectivity index (χ0) is 19.0. The number of ether oxygens (including phenoxy) is 2. The highest BCUT2D eigenvalue weighted by Crippen LogP contribution is 2.28. The third-order valence-corrected chi connectivity index (χ3v) is 4.37. The number of carboxylic acid groups (broad SMARTS) is 1. The van der Waals surface area contributed by atoms with Crippen LogP contribution in [0.25, 0.3) is 0 Å². The lowest BCUT2D eigenvalue weighted by Crippen LogP contribution is -2.35. The summed E-state index contributed by atoms with van der Waals surface area (Å²) in [4.78, 5) is 16.1. The Bertz CT molecular complexity index is 714. The molecule has 140 valence electrons. The highest BCUT2D eigenvalue weighted by Gasteiger charge is 2.36. The monoisotopic (exact) mass is 357 g/mol. The smallest absolute Gasteiger partial charge is 0.340 e. The summed E-state index contributed by atoms with van der Waals surface area (Å²) in [7, 11) is 0. The fourth-order valence-corrected chi connectivity index (χ4v) is 2.70. The highest BCUT2D eigenvalue weighted by atomic mass is 16.5. The van der Waals surface area contributed by atoms with Gasteiger partial charge in [-0.15, -0.1) is 0 Å². The maximum absolute atomic E-state index is 11.6. The lowest BCUT2D eigenvalue weighted by molar-refractivity contribution is -0.164. The van der Waals surface area contributed by atoms with Gasteiger partial charge < -0.3 is 14.6 Å². The Morgan fingerprint density at radius 2 is 2.04 bits per heavy atom. The zero-order valence-corrected chi connectivity index (χ0v) is 15.7. The van der Waals surface area contributed by atoms with Crippen LogP contribution in [0.15, 0.2) is 42.6 Å². The topological polar surface area (TPSA) is 68.7 Å². The molecule has 0 aliphatic heterocycles. The van der Waals surface area contributed by atoms with Crippen molar-refractivity contribution >= 4 is 5.97 Å². The Kier molecular flexibility index (Phi) is 7.16. The molecule has 26 heavy (non-hydrogen) atoms. The lowest BCUT2D eigenvalue weighted by Gasteiger charge is -2.25. The molecule has 0 amide bonds. The summed E-state index contributed by atoms with van der Waals surface area (Å²) >= 11 is 0. The molecule has 1 heterocycles. The maximum Gasteiger partial charge on any atom is 0.340 e. The van der Waals surface area contributed by atoms with E-state index in [1.165, 1.54) is 5.56 Å². The molecule has 1 aromatic heterocycles. The number of benzene rings is 1. The lowest BCUT2D eigenvalue weighted by atomic mass is 9.95. The minimum Gasteiger partial charge on any atom is -0.494 e. The van der Waals surface area contributed by atoms with E-state index in [1.807, 2.05) is 12.3 Å². The predicted octanol–water partition coefficient (Wildman–Crippen LogP) is 3.99. The SMILES string of the molecule is CCOC(C)(C(=O)O)c1cccc(OCCCc2ccc(CC)cn2)c1. The van der Waals surface area contributed by atoms with E-state index in [9.17, 15) is 9.90 Å². The molecule has 1 atom stereocenters. The molecule has 0 fully saturated rings. The molecule has 0 aliphatic rings. The summed E-state index contributed by atoms with van der Waals surface area (Å²) in [5.74, 6) is -0.373. The quantitative estimate of drug-likeness (QED) is 0.651. The molecule has 0 aliphatic carbocycles. The summed E-state index contributed by atoms with van der Waals surface area (Å²) in [6.45, 7) is 6.31. The van der Waals surface area contributed by atoms with Crippen LogP contribution in [0.2, 0.25) is 0 Å². The third-order valence-electron chi connectivity index (χ3n) is 4.37. The summed E-state index contributed by atoms with van der Waals surface area (Å²) in [5, 5.41) is 9.51. The van der Waals surface area contributed by atoms with Crippen molar-refractivity contribution < 1.29 is 19.4 Å². The number of aromatic nitrogens is 1. The van der Waals surface area contributed by atoms with Gasteiger partial charge in [0.15, 0.2) is 5.60 Å². The second-order valence-electron chi connectivity index (χ2n) is 6.26. The van der Waals surface area contributed by atoms with E-state index in [0.717, 1.165) is 25.0 Å². The van der Waals surface area contributed by atoms with Crippen molar-refractivity contribution in [2.24, 2.45) is 0 Å². The van der Waals surface area contributed by atoms with E-state index in [-0.39, 0.29) is 0 Å². The molecule has 2 rings (SSSR count). The van der Waals surface area contributed by atoms with Crippen molar-refractivity contribution in [2.75, 3.05) is 13.2 Å². The Balaban J connectivity index is 1.92. The Hall–Kier alpha value is -2.40. The van der Waals surface area contributed by atoms with Gasteiger partial charge in [0.2, 0.25) is 0 Å². The Morgan fingerprint density at radius 1 is 1.23 bits per heavy atom. The largest absolute Gasteiger partial charge is 0.494 e. The van der Waals surface area contributed by atoms with Gasteiger partial charge in [-0.2, -0.15) is 0 Å². The molecule has 0 radical (unpaired) electrons. The number of carboxylic acids is 1. The van der Waals surface area contributed by atoms with Gasteiger partial charge in [-0.3, -0.25) is 4.98 Å². The Morgan fingerprint density at radius 3 is 2.65 bits per heavy atom. The van der Waals surface area contributed by atoms with E-state index < -0.39 is 11.6 Å². The van der Waals surface area contributed by atoms with Gasteiger partial charge in [0.1, 0.15) is 5.75 Å². The highest BCUT2D eigenvalue weighted by molar-refractivity contribution is 5.79. The van der Waals surface area contributed by atoms with Crippen LogP contribution >= 0.6 is 0 Å².